The lowest BCUT2D eigenvalue weighted by Gasteiger charge is -2.13. The Hall–Kier alpha value is -1.22. The molecule has 18 heavy (non-hydrogen) atoms. The quantitative estimate of drug-likeness (QED) is 0.870. The fourth-order valence-electron chi connectivity index (χ4n) is 2.20. The molecule has 0 fully saturated rings. The van der Waals surface area contributed by atoms with Gasteiger partial charge < -0.3 is 14.8 Å². The molecule has 1 aromatic carbocycles. The average Bonchev–Trinajstić information content (AvgIpc) is 2.61. The summed E-state index contributed by atoms with van der Waals surface area (Å²) in [5, 5.41) is 3.38. The van der Waals surface area contributed by atoms with Gasteiger partial charge in [-0.05, 0) is 43.1 Å². The summed E-state index contributed by atoms with van der Waals surface area (Å²) in [6.45, 7) is 8.01. The van der Waals surface area contributed by atoms with E-state index in [9.17, 15) is 0 Å². The molecule has 1 N–H and O–H groups in total. The molecule has 1 atom stereocenters. The van der Waals surface area contributed by atoms with E-state index >= 15 is 0 Å². The van der Waals surface area contributed by atoms with Crippen molar-refractivity contribution in [2.75, 3.05) is 26.3 Å². The normalized spacial score (nSPS) is 16.1. The zero-order valence-electron chi connectivity index (χ0n) is 11.4. The van der Waals surface area contributed by atoms with Gasteiger partial charge in [-0.15, -0.1) is 0 Å². The lowest BCUT2D eigenvalue weighted by Crippen LogP contribution is -2.21. The van der Waals surface area contributed by atoms with Crippen molar-refractivity contribution < 1.29 is 9.47 Å². The Balaban J connectivity index is 1.99. The number of ether oxygens (including phenoxy) is 2. The SMILES string of the molecule is CCNCC(C)Cc1ccc2c(c1)OCCCO2. The first-order valence-electron chi connectivity index (χ1n) is 6.89. The molecule has 0 radical (unpaired) electrons. The van der Waals surface area contributed by atoms with E-state index in [4.69, 9.17) is 9.47 Å². The molecule has 1 aliphatic heterocycles. The molecule has 3 heteroatoms. The summed E-state index contributed by atoms with van der Waals surface area (Å²) in [6, 6.07) is 6.31. The van der Waals surface area contributed by atoms with Crippen molar-refractivity contribution in [3.63, 3.8) is 0 Å². The maximum absolute atomic E-state index is 5.71. The number of rotatable bonds is 5. The standard InChI is InChI=1S/C15H23NO2/c1-3-16-11-12(2)9-13-5-6-14-15(10-13)18-8-4-7-17-14/h5-6,10,12,16H,3-4,7-9,11H2,1-2H3. The number of fused-ring (bicyclic) bond motifs is 1. The van der Waals surface area contributed by atoms with Crippen molar-refractivity contribution in [1.82, 2.24) is 5.32 Å². The molecule has 1 unspecified atom stereocenters. The molecular weight excluding hydrogens is 226 g/mol. The molecule has 1 aromatic rings. The van der Waals surface area contributed by atoms with Gasteiger partial charge in [-0.1, -0.05) is 19.9 Å². The smallest absolute Gasteiger partial charge is 0.161 e. The van der Waals surface area contributed by atoms with E-state index in [1.54, 1.807) is 0 Å². The van der Waals surface area contributed by atoms with Crippen LogP contribution in [-0.2, 0) is 6.42 Å². The predicted octanol–water partition coefficient (Wildman–Crippen LogP) is 2.64. The van der Waals surface area contributed by atoms with Gasteiger partial charge in [0.2, 0.25) is 0 Å². The molecule has 0 saturated carbocycles. The zero-order valence-corrected chi connectivity index (χ0v) is 11.4. The van der Waals surface area contributed by atoms with Crippen LogP contribution in [-0.4, -0.2) is 26.3 Å². The minimum atomic E-state index is 0.634. The van der Waals surface area contributed by atoms with E-state index in [-0.39, 0.29) is 0 Å². The van der Waals surface area contributed by atoms with Gasteiger partial charge in [-0.25, -0.2) is 0 Å². The number of hydrogen-bond donors (Lipinski definition) is 1. The molecule has 0 aromatic heterocycles. The molecule has 0 aliphatic carbocycles. The molecule has 0 spiro atoms. The van der Waals surface area contributed by atoms with Gasteiger partial charge in [0, 0.05) is 6.42 Å². The lowest BCUT2D eigenvalue weighted by molar-refractivity contribution is 0.297. The molecule has 0 saturated heterocycles. The molecule has 1 aliphatic rings. The highest BCUT2D eigenvalue weighted by molar-refractivity contribution is 5.43. The highest BCUT2D eigenvalue weighted by Gasteiger charge is 2.11. The summed E-state index contributed by atoms with van der Waals surface area (Å²) in [6.07, 6.45) is 2.03. The van der Waals surface area contributed by atoms with Crippen LogP contribution in [0.15, 0.2) is 18.2 Å². The van der Waals surface area contributed by atoms with Gasteiger partial charge in [-0.2, -0.15) is 0 Å². The van der Waals surface area contributed by atoms with E-state index < -0.39 is 0 Å². The van der Waals surface area contributed by atoms with E-state index in [1.165, 1.54) is 5.56 Å². The van der Waals surface area contributed by atoms with Gasteiger partial charge in [0.25, 0.3) is 0 Å². The number of nitrogens with one attached hydrogen (secondary N) is 1. The van der Waals surface area contributed by atoms with Crippen LogP contribution in [0.1, 0.15) is 25.8 Å². The van der Waals surface area contributed by atoms with Crippen LogP contribution >= 0.6 is 0 Å². The van der Waals surface area contributed by atoms with Crippen LogP contribution in [0.25, 0.3) is 0 Å². The molecule has 0 bridgehead atoms. The highest BCUT2D eigenvalue weighted by Crippen LogP contribution is 2.31. The first kappa shape index (κ1) is 13.2. The highest BCUT2D eigenvalue weighted by atomic mass is 16.5. The average molecular weight is 249 g/mol. The van der Waals surface area contributed by atoms with Gasteiger partial charge in [0.05, 0.1) is 13.2 Å². The van der Waals surface area contributed by atoms with Crippen LogP contribution in [0.3, 0.4) is 0 Å². The summed E-state index contributed by atoms with van der Waals surface area (Å²) >= 11 is 0. The maximum Gasteiger partial charge on any atom is 0.161 e. The number of hydrogen-bond acceptors (Lipinski definition) is 3. The third-order valence-electron chi connectivity index (χ3n) is 3.14. The molecular formula is C15H23NO2. The molecule has 1 heterocycles. The second-order valence-electron chi connectivity index (χ2n) is 4.95. The summed E-state index contributed by atoms with van der Waals surface area (Å²) in [4.78, 5) is 0. The van der Waals surface area contributed by atoms with Gasteiger partial charge in [0.15, 0.2) is 11.5 Å². The largest absolute Gasteiger partial charge is 0.490 e. The Morgan fingerprint density at radius 3 is 2.78 bits per heavy atom. The fourth-order valence-corrected chi connectivity index (χ4v) is 2.20. The minimum absolute atomic E-state index is 0.634. The monoisotopic (exact) mass is 249 g/mol. The minimum Gasteiger partial charge on any atom is -0.490 e. The van der Waals surface area contributed by atoms with Gasteiger partial charge in [-0.3, -0.25) is 0 Å². The van der Waals surface area contributed by atoms with Crippen molar-refractivity contribution in [3.8, 4) is 11.5 Å². The fraction of sp³-hybridized carbons (Fsp3) is 0.600. The molecule has 3 nitrogen and oxygen atoms in total. The number of benzene rings is 1. The maximum atomic E-state index is 5.71. The Kier molecular flexibility index (Phi) is 4.88. The van der Waals surface area contributed by atoms with Gasteiger partial charge >= 0.3 is 0 Å². The van der Waals surface area contributed by atoms with Crippen molar-refractivity contribution in [1.29, 1.82) is 0 Å². The second kappa shape index (κ2) is 6.64. The third kappa shape index (κ3) is 3.64. The Morgan fingerprint density at radius 2 is 2.00 bits per heavy atom. The van der Waals surface area contributed by atoms with E-state index in [1.807, 2.05) is 6.07 Å². The Bertz CT molecular complexity index is 379. The Labute approximate surface area is 109 Å². The van der Waals surface area contributed by atoms with E-state index in [2.05, 4.69) is 31.3 Å². The van der Waals surface area contributed by atoms with Crippen molar-refractivity contribution in [3.05, 3.63) is 23.8 Å². The molecule has 2 rings (SSSR count). The second-order valence-corrected chi connectivity index (χ2v) is 4.95. The van der Waals surface area contributed by atoms with E-state index in [0.717, 1.165) is 50.6 Å². The van der Waals surface area contributed by atoms with E-state index in [0.29, 0.717) is 5.92 Å². The summed E-state index contributed by atoms with van der Waals surface area (Å²) in [7, 11) is 0. The van der Waals surface area contributed by atoms with Crippen LogP contribution in [0.2, 0.25) is 0 Å². The summed E-state index contributed by atoms with van der Waals surface area (Å²) < 4.78 is 11.3. The van der Waals surface area contributed by atoms with Crippen molar-refractivity contribution >= 4 is 0 Å². The van der Waals surface area contributed by atoms with Crippen LogP contribution in [0, 0.1) is 5.92 Å². The first-order chi connectivity index (χ1) is 8.79. The van der Waals surface area contributed by atoms with Crippen LogP contribution < -0.4 is 14.8 Å². The lowest BCUT2D eigenvalue weighted by atomic mass is 10.0. The van der Waals surface area contributed by atoms with Crippen LogP contribution in [0.4, 0.5) is 0 Å². The summed E-state index contributed by atoms with van der Waals surface area (Å²) in [5.41, 5.74) is 1.32. The zero-order chi connectivity index (χ0) is 12.8. The molecule has 100 valence electrons. The predicted molar refractivity (Wildman–Crippen MR) is 73.5 cm³/mol. The first-order valence-corrected chi connectivity index (χ1v) is 6.89. The van der Waals surface area contributed by atoms with Gasteiger partial charge in [0.1, 0.15) is 0 Å². The molecule has 0 amide bonds. The van der Waals surface area contributed by atoms with Crippen LogP contribution in [0.5, 0.6) is 11.5 Å². The topological polar surface area (TPSA) is 30.5 Å². The summed E-state index contributed by atoms with van der Waals surface area (Å²) in [5.74, 6) is 2.42. The van der Waals surface area contributed by atoms with Crippen molar-refractivity contribution in [2.45, 2.75) is 26.7 Å². The third-order valence-corrected chi connectivity index (χ3v) is 3.14. The Morgan fingerprint density at radius 1 is 1.22 bits per heavy atom. The van der Waals surface area contributed by atoms with Crippen molar-refractivity contribution in [2.24, 2.45) is 5.92 Å².